The van der Waals surface area contributed by atoms with Crippen molar-refractivity contribution in [3.8, 4) is 11.5 Å². The number of carbonyl (C=O) groups excluding carboxylic acids is 1. The van der Waals surface area contributed by atoms with Gasteiger partial charge in [-0.05, 0) is 18.2 Å². The Kier molecular flexibility index (Phi) is 4.81. The number of benzene rings is 1. The molecule has 0 aromatic heterocycles. The van der Waals surface area contributed by atoms with E-state index in [1.807, 2.05) is 0 Å². The summed E-state index contributed by atoms with van der Waals surface area (Å²) in [5.74, 6) is -0.350. The number of carbonyl (C=O) groups is 2. The van der Waals surface area contributed by atoms with Gasteiger partial charge in [0.15, 0.2) is 11.5 Å². The van der Waals surface area contributed by atoms with E-state index >= 15 is 0 Å². The molecular formula is C15H17NO5. The van der Waals surface area contributed by atoms with Crippen molar-refractivity contribution >= 4 is 11.9 Å². The number of carboxylic acid groups (broad SMARTS) is 1. The van der Waals surface area contributed by atoms with Crippen LogP contribution in [0.5, 0.6) is 11.5 Å². The molecule has 0 fully saturated rings. The summed E-state index contributed by atoms with van der Waals surface area (Å²) in [6.45, 7) is 4.42. The molecule has 1 aromatic rings. The van der Waals surface area contributed by atoms with Crippen LogP contribution >= 0.6 is 0 Å². The normalized spacial score (nSPS) is 13.1. The first-order valence-electron chi connectivity index (χ1n) is 6.63. The van der Waals surface area contributed by atoms with Gasteiger partial charge in [0.25, 0.3) is 5.91 Å². The van der Waals surface area contributed by atoms with Crippen LogP contribution in [0.3, 0.4) is 0 Å². The third-order valence-electron chi connectivity index (χ3n) is 2.96. The quantitative estimate of drug-likeness (QED) is 0.833. The Morgan fingerprint density at radius 3 is 2.67 bits per heavy atom. The summed E-state index contributed by atoms with van der Waals surface area (Å²) in [7, 11) is 0. The van der Waals surface area contributed by atoms with Crippen LogP contribution in [-0.4, -0.2) is 48.2 Å². The lowest BCUT2D eigenvalue weighted by atomic mass is 10.1. The van der Waals surface area contributed by atoms with E-state index in [-0.39, 0.29) is 19.0 Å². The molecule has 112 valence electrons. The molecular weight excluding hydrogens is 274 g/mol. The number of hydrogen-bond donors (Lipinski definition) is 1. The van der Waals surface area contributed by atoms with Gasteiger partial charge < -0.3 is 19.5 Å². The molecule has 0 saturated heterocycles. The number of carboxylic acids is 1. The number of hydrogen-bond acceptors (Lipinski definition) is 4. The van der Waals surface area contributed by atoms with E-state index in [0.717, 1.165) is 6.42 Å². The Balaban J connectivity index is 2.23. The van der Waals surface area contributed by atoms with Crippen LogP contribution < -0.4 is 9.47 Å². The second-order valence-corrected chi connectivity index (χ2v) is 4.58. The topological polar surface area (TPSA) is 76.1 Å². The van der Waals surface area contributed by atoms with E-state index in [1.54, 1.807) is 18.2 Å². The van der Waals surface area contributed by atoms with E-state index in [4.69, 9.17) is 14.6 Å². The van der Waals surface area contributed by atoms with Crippen LogP contribution in [0.15, 0.2) is 30.9 Å². The molecule has 1 aromatic carbocycles. The van der Waals surface area contributed by atoms with Gasteiger partial charge in [-0.3, -0.25) is 9.59 Å². The Morgan fingerprint density at radius 2 is 2.00 bits per heavy atom. The molecule has 0 saturated carbocycles. The largest absolute Gasteiger partial charge is 0.490 e. The van der Waals surface area contributed by atoms with Crippen LogP contribution in [0, 0.1) is 0 Å². The monoisotopic (exact) mass is 291 g/mol. The maximum absolute atomic E-state index is 12.4. The van der Waals surface area contributed by atoms with Crippen molar-refractivity contribution in [3.63, 3.8) is 0 Å². The first-order valence-corrected chi connectivity index (χ1v) is 6.63. The van der Waals surface area contributed by atoms with Gasteiger partial charge in [-0.25, -0.2) is 0 Å². The summed E-state index contributed by atoms with van der Waals surface area (Å²) in [5.41, 5.74) is 0.363. The van der Waals surface area contributed by atoms with Gasteiger partial charge in [-0.15, -0.1) is 6.58 Å². The summed E-state index contributed by atoms with van der Waals surface area (Å²) < 4.78 is 11.0. The molecule has 6 nitrogen and oxygen atoms in total. The zero-order valence-electron chi connectivity index (χ0n) is 11.6. The molecule has 0 spiro atoms. The maximum atomic E-state index is 12.4. The van der Waals surface area contributed by atoms with E-state index in [1.165, 1.54) is 11.0 Å². The molecule has 1 heterocycles. The minimum Gasteiger partial charge on any atom is -0.490 e. The third-order valence-corrected chi connectivity index (χ3v) is 2.96. The first kappa shape index (κ1) is 14.9. The smallest absolute Gasteiger partial charge is 0.323 e. The number of rotatable bonds is 5. The lowest BCUT2D eigenvalue weighted by molar-refractivity contribution is -0.137. The molecule has 21 heavy (non-hydrogen) atoms. The average Bonchev–Trinajstić information content (AvgIpc) is 2.70. The van der Waals surface area contributed by atoms with Crippen LogP contribution in [0.25, 0.3) is 0 Å². The zero-order valence-corrected chi connectivity index (χ0v) is 11.6. The van der Waals surface area contributed by atoms with Gasteiger partial charge in [0.1, 0.15) is 6.54 Å². The summed E-state index contributed by atoms with van der Waals surface area (Å²) in [6.07, 6.45) is 2.27. The average molecular weight is 291 g/mol. The Bertz CT molecular complexity index is 555. The molecule has 1 aliphatic heterocycles. The lowest BCUT2D eigenvalue weighted by Crippen LogP contribution is -2.35. The summed E-state index contributed by atoms with van der Waals surface area (Å²) >= 11 is 0. The molecule has 0 atom stereocenters. The van der Waals surface area contributed by atoms with Gasteiger partial charge in [-0.2, -0.15) is 0 Å². The Morgan fingerprint density at radius 1 is 1.29 bits per heavy atom. The summed E-state index contributed by atoms with van der Waals surface area (Å²) in [5, 5.41) is 8.86. The highest BCUT2D eigenvalue weighted by Crippen LogP contribution is 2.30. The predicted octanol–water partition coefficient (Wildman–Crippen LogP) is 1.56. The highest BCUT2D eigenvalue weighted by Gasteiger charge is 2.20. The highest BCUT2D eigenvalue weighted by atomic mass is 16.5. The van der Waals surface area contributed by atoms with Gasteiger partial charge >= 0.3 is 5.97 Å². The summed E-state index contributed by atoms with van der Waals surface area (Å²) in [4.78, 5) is 24.4. The number of fused-ring (bicyclic) bond motifs is 1. The zero-order chi connectivity index (χ0) is 15.2. The fourth-order valence-electron chi connectivity index (χ4n) is 2.02. The number of aliphatic carboxylic acids is 1. The second-order valence-electron chi connectivity index (χ2n) is 4.58. The Hall–Kier alpha value is -2.50. The molecule has 0 radical (unpaired) electrons. The molecule has 0 bridgehead atoms. The lowest BCUT2D eigenvalue weighted by Gasteiger charge is -2.19. The van der Waals surface area contributed by atoms with Crippen molar-refractivity contribution < 1.29 is 24.2 Å². The van der Waals surface area contributed by atoms with E-state index in [0.29, 0.717) is 30.3 Å². The van der Waals surface area contributed by atoms with Crippen molar-refractivity contribution in [1.29, 1.82) is 0 Å². The molecule has 6 heteroatoms. The molecule has 0 aliphatic carbocycles. The second kappa shape index (κ2) is 6.78. The van der Waals surface area contributed by atoms with E-state index in [2.05, 4.69) is 6.58 Å². The fourth-order valence-corrected chi connectivity index (χ4v) is 2.02. The van der Waals surface area contributed by atoms with Gasteiger partial charge in [0.05, 0.1) is 13.2 Å². The number of nitrogens with zero attached hydrogens (tertiary/aromatic N) is 1. The van der Waals surface area contributed by atoms with Gasteiger partial charge in [0.2, 0.25) is 0 Å². The van der Waals surface area contributed by atoms with E-state index < -0.39 is 5.97 Å². The van der Waals surface area contributed by atoms with Crippen molar-refractivity contribution in [3.05, 3.63) is 36.4 Å². The maximum Gasteiger partial charge on any atom is 0.323 e. The van der Waals surface area contributed by atoms with Crippen LogP contribution in [-0.2, 0) is 4.79 Å². The SMILES string of the molecule is C=CCN(CC(=O)O)C(=O)c1ccc2c(c1)OCCCO2. The van der Waals surface area contributed by atoms with Crippen molar-refractivity contribution in [2.75, 3.05) is 26.3 Å². The summed E-state index contributed by atoms with van der Waals surface area (Å²) in [6, 6.07) is 4.86. The van der Waals surface area contributed by atoms with Gasteiger partial charge in [-0.1, -0.05) is 6.08 Å². The highest BCUT2D eigenvalue weighted by molar-refractivity contribution is 5.96. The van der Waals surface area contributed by atoms with Crippen molar-refractivity contribution in [2.45, 2.75) is 6.42 Å². The standard InChI is InChI=1S/C15H17NO5/c1-2-6-16(10-14(17)18)15(19)11-4-5-12-13(9-11)21-8-3-7-20-12/h2,4-5,9H,1,3,6-8,10H2,(H,17,18). The fraction of sp³-hybridized carbons (Fsp3) is 0.333. The molecule has 1 aliphatic rings. The predicted molar refractivity (Wildman–Crippen MR) is 75.8 cm³/mol. The third kappa shape index (κ3) is 3.75. The minimum absolute atomic E-state index is 0.166. The van der Waals surface area contributed by atoms with Crippen molar-refractivity contribution in [2.24, 2.45) is 0 Å². The van der Waals surface area contributed by atoms with Gasteiger partial charge in [0, 0.05) is 18.5 Å². The molecule has 1 N–H and O–H groups in total. The van der Waals surface area contributed by atoms with Crippen molar-refractivity contribution in [1.82, 2.24) is 4.90 Å². The van der Waals surface area contributed by atoms with Crippen LogP contribution in [0.4, 0.5) is 0 Å². The number of ether oxygens (including phenoxy) is 2. The number of amides is 1. The first-order chi connectivity index (χ1) is 10.1. The molecule has 1 amide bonds. The van der Waals surface area contributed by atoms with Crippen LogP contribution in [0.2, 0.25) is 0 Å². The molecule has 2 rings (SSSR count). The molecule has 0 unspecified atom stereocenters. The van der Waals surface area contributed by atoms with E-state index in [9.17, 15) is 9.59 Å². The Labute approximate surface area is 122 Å². The van der Waals surface area contributed by atoms with Crippen LogP contribution in [0.1, 0.15) is 16.8 Å². The minimum atomic E-state index is -1.07.